The van der Waals surface area contributed by atoms with Crippen LogP contribution in [0.3, 0.4) is 0 Å². The van der Waals surface area contributed by atoms with Crippen LogP contribution in [-0.2, 0) is 6.54 Å². The predicted octanol–water partition coefficient (Wildman–Crippen LogP) is 2.47. The van der Waals surface area contributed by atoms with Crippen LogP contribution in [0.4, 0.5) is 0 Å². The first-order chi connectivity index (χ1) is 10.2. The van der Waals surface area contributed by atoms with Crippen molar-refractivity contribution in [3.8, 4) is 5.69 Å². The van der Waals surface area contributed by atoms with Crippen molar-refractivity contribution in [1.29, 1.82) is 0 Å². The Bertz CT molecular complexity index is 759. The summed E-state index contributed by atoms with van der Waals surface area (Å²) in [7, 11) is 0. The lowest BCUT2D eigenvalue weighted by Crippen LogP contribution is -2.18. The number of benzene rings is 1. The zero-order valence-corrected chi connectivity index (χ0v) is 12.4. The van der Waals surface area contributed by atoms with Crippen molar-refractivity contribution in [2.24, 2.45) is 0 Å². The molecule has 0 amide bonds. The van der Waals surface area contributed by atoms with Crippen LogP contribution < -0.4 is 10.2 Å². The molecule has 1 atom stereocenters. The smallest absolute Gasteiger partial charge is 0.304 e. The number of nitrogens with zero attached hydrogens (tertiary/aromatic N) is 2. The Hall–Kier alpha value is -2.18. The first kappa shape index (κ1) is 13.8. The van der Waals surface area contributed by atoms with Crippen molar-refractivity contribution in [3.05, 3.63) is 69.0 Å². The van der Waals surface area contributed by atoms with Crippen molar-refractivity contribution in [2.75, 3.05) is 0 Å². The minimum absolute atomic E-state index is 0.0173. The van der Waals surface area contributed by atoms with E-state index in [-0.39, 0.29) is 10.9 Å². The number of aromatic nitrogens is 3. The molecule has 0 aliphatic rings. The third-order valence-electron chi connectivity index (χ3n) is 3.29. The van der Waals surface area contributed by atoms with E-state index in [0.29, 0.717) is 6.54 Å². The molecule has 2 N–H and O–H groups in total. The van der Waals surface area contributed by atoms with Gasteiger partial charge in [0.1, 0.15) is 0 Å². The monoisotopic (exact) mass is 300 g/mol. The molecule has 21 heavy (non-hydrogen) atoms. The molecule has 3 aromatic rings. The zero-order chi connectivity index (χ0) is 14.7. The zero-order valence-electron chi connectivity index (χ0n) is 11.6. The fraction of sp³-hybridized carbons (Fsp3) is 0.200. The maximum atomic E-state index is 11.1. The van der Waals surface area contributed by atoms with Crippen molar-refractivity contribution in [2.45, 2.75) is 19.5 Å². The summed E-state index contributed by atoms with van der Waals surface area (Å²) in [5, 5.41) is 9.61. The highest BCUT2D eigenvalue weighted by Crippen LogP contribution is 2.14. The van der Waals surface area contributed by atoms with Crippen LogP contribution in [0.15, 0.2) is 52.9 Å². The second kappa shape index (κ2) is 6.07. The number of hydrogen-bond donors (Lipinski definition) is 2. The first-order valence-corrected chi connectivity index (χ1v) is 7.60. The van der Waals surface area contributed by atoms with Crippen molar-refractivity contribution in [3.63, 3.8) is 0 Å². The molecule has 2 aromatic heterocycles. The molecule has 108 valence electrons. The summed E-state index contributed by atoms with van der Waals surface area (Å²) < 4.78 is 1.86. The Morgan fingerprint density at radius 1 is 1.38 bits per heavy atom. The summed E-state index contributed by atoms with van der Waals surface area (Å²) in [6.07, 6.45) is 3.88. The van der Waals surface area contributed by atoms with E-state index in [1.165, 1.54) is 11.3 Å². The van der Waals surface area contributed by atoms with Gasteiger partial charge in [-0.2, -0.15) is 5.10 Å². The summed E-state index contributed by atoms with van der Waals surface area (Å²) >= 11 is 1.19. The van der Waals surface area contributed by atoms with Crippen molar-refractivity contribution >= 4 is 11.3 Å². The summed E-state index contributed by atoms with van der Waals surface area (Å²) in [5.41, 5.74) is 3.06. The highest BCUT2D eigenvalue weighted by molar-refractivity contribution is 7.07. The number of aromatic amines is 1. The molecule has 5 nitrogen and oxygen atoms in total. The molecule has 1 unspecified atom stereocenters. The number of para-hydroxylation sites is 1. The number of thiazole rings is 1. The van der Waals surface area contributed by atoms with Crippen molar-refractivity contribution in [1.82, 2.24) is 20.1 Å². The fourth-order valence-electron chi connectivity index (χ4n) is 2.06. The van der Waals surface area contributed by atoms with Crippen LogP contribution in [0.2, 0.25) is 0 Å². The molecular weight excluding hydrogens is 284 g/mol. The Morgan fingerprint density at radius 2 is 2.19 bits per heavy atom. The maximum absolute atomic E-state index is 11.1. The summed E-state index contributed by atoms with van der Waals surface area (Å²) in [6, 6.07) is 10.2. The Kier molecular flexibility index (Phi) is 3.98. The van der Waals surface area contributed by atoms with Crippen LogP contribution in [-0.4, -0.2) is 14.8 Å². The van der Waals surface area contributed by atoms with Gasteiger partial charge in [0.05, 0.1) is 11.9 Å². The van der Waals surface area contributed by atoms with E-state index in [1.54, 1.807) is 0 Å². The van der Waals surface area contributed by atoms with Crippen LogP contribution in [0.5, 0.6) is 0 Å². The molecular formula is C15H16N4OS. The van der Waals surface area contributed by atoms with Gasteiger partial charge in [0.25, 0.3) is 0 Å². The Labute approximate surface area is 126 Å². The summed E-state index contributed by atoms with van der Waals surface area (Å²) in [6.45, 7) is 2.72. The highest BCUT2D eigenvalue weighted by atomic mass is 32.1. The van der Waals surface area contributed by atoms with E-state index in [4.69, 9.17) is 0 Å². The quantitative estimate of drug-likeness (QED) is 0.761. The first-order valence-electron chi connectivity index (χ1n) is 6.72. The van der Waals surface area contributed by atoms with Gasteiger partial charge in [-0.3, -0.25) is 4.79 Å². The molecule has 2 heterocycles. The van der Waals surface area contributed by atoms with Gasteiger partial charge in [-0.15, -0.1) is 0 Å². The summed E-state index contributed by atoms with van der Waals surface area (Å²) in [4.78, 5) is 13.9. The third kappa shape index (κ3) is 3.29. The highest BCUT2D eigenvalue weighted by Gasteiger charge is 2.09. The van der Waals surface area contributed by atoms with Gasteiger partial charge in [-0.1, -0.05) is 29.5 Å². The van der Waals surface area contributed by atoms with Crippen LogP contribution >= 0.6 is 11.3 Å². The minimum atomic E-state index is -0.0173. The number of nitrogens with one attached hydrogen (secondary N) is 2. The van der Waals surface area contributed by atoms with Gasteiger partial charge in [-0.25, -0.2) is 4.68 Å². The fourth-order valence-corrected chi connectivity index (χ4v) is 2.65. The summed E-state index contributed by atoms with van der Waals surface area (Å²) in [5.74, 6) is 0. The second-order valence-corrected chi connectivity index (χ2v) is 5.67. The van der Waals surface area contributed by atoms with Crippen molar-refractivity contribution < 1.29 is 0 Å². The second-order valence-electron chi connectivity index (χ2n) is 4.83. The lowest BCUT2D eigenvalue weighted by atomic mass is 10.2. The Morgan fingerprint density at radius 3 is 2.90 bits per heavy atom. The predicted molar refractivity (Wildman–Crippen MR) is 83.8 cm³/mol. The molecule has 0 spiro atoms. The van der Waals surface area contributed by atoms with Gasteiger partial charge in [-0.05, 0) is 19.1 Å². The van der Waals surface area contributed by atoms with Crippen LogP contribution in [0.25, 0.3) is 5.69 Å². The molecule has 0 bridgehead atoms. The lowest BCUT2D eigenvalue weighted by Gasteiger charge is -2.10. The minimum Gasteiger partial charge on any atom is -0.315 e. The lowest BCUT2D eigenvalue weighted by molar-refractivity contribution is 0.568. The molecule has 0 radical (unpaired) electrons. The number of H-pyrrole nitrogens is 1. The topological polar surface area (TPSA) is 62.7 Å². The molecule has 0 saturated heterocycles. The third-order valence-corrected chi connectivity index (χ3v) is 4.01. The van der Waals surface area contributed by atoms with E-state index in [9.17, 15) is 4.79 Å². The van der Waals surface area contributed by atoms with Gasteiger partial charge >= 0.3 is 4.87 Å². The molecule has 1 aromatic carbocycles. The number of rotatable bonds is 5. The van der Waals surface area contributed by atoms with Crippen LogP contribution in [0.1, 0.15) is 24.2 Å². The van der Waals surface area contributed by atoms with Gasteiger partial charge < -0.3 is 10.3 Å². The Balaban J connectivity index is 1.67. The number of hydrogen-bond acceptors (Lipinski definition) is 4. The molecule has 3 rings (SSSR count). The van der Waals surface area contributed by atoms with E-state index in [2.05, 4.69) is 22.3 Å². The molecule has 6 heteroatoms. The molecule has 0 fully saturated rings. The average Bonchev–Trinajstić information content (AvgIpc) is 3.15. The maximum Gasteiger partial charge on any atom is 0.304 e. The molecule has 0 aliphatic heterocycles. The van der Waals surface area contributed by atoms with E-state index in [0.717, 1.165) is 16.9 Å². The van der Waals surface area contributed by atoms with Gasteiger partial charge in [0.2, 0.25) is 0 Å². The average molecular weight is 300 g/mol. The molecule has 0 aliphatic carbocycles. The normalized spacial score (nSPS) is 12.4. The van der Waals surface area contributed by atoms with E-state index >= 15 is 0 Å². The molecule has 0 saturated carbocycles. The largest absolute Gasteiger partial charge is 0.315 e. The standard InChI is InChI=1S/C15H16N4OS/c1-11(16-8-13-10-21-15(20)18-13)12-7-17-19(9-12)14-5-3-2-4-6-14/h2-7,9-11,16H,8H2,1H3,(H,18,20). The van der Waals surface area contributed by atoms with Gasteiger partial charge in [0, 0.05) is 35.4 Å². The SMILES string of the molecule is CC(NCc1csc(=O)[nH]1)c1cnn(-c2ccccc2)c1. The van der Waals surface area contributed by atoms with E-state index in [1.807, 2.05) is 52.8 Å². The van der Waals surface area contributed by atoms with E-state index < -0.39 is 0 Å². The van der Waals surface area contributed by atoms with Crippen LogP contribution in [0, 0.1) is 0 Å². The van der Waals surface area contributed by atoms with Gasteiger partial charge in [0.15, 0.2) is 0 Å².